The first-order chi connectivity index (χ1) is 11.0. The van der Waals surface area contributed by atoms with E-state index in [1.54, 1.807) is 35.6 Å². The number of nitrogens with zero attached hydrogens (tertiary/aromatic N) is 2. The second kappa shape index (κ2) is 6.30. The van der Waals surface area contributed by atoms with Gasteiger partial charge in [0.15, 0.2) is 4.80 Å². The first-order valence-electron chi connectivity index (χ1n) is 7.45. The van der Waals surface area contributed by atoms with Gasteiger partial charge in [-0.05, 0) is 62.2 Å². The lowest BCUT2D eigenvalue weighted by Gasteiger charge is -2.03. The van der Waals surface area contributed by atoms with Crippen molar-refractivity contribution >= 4 is 39.1 Å². The summed E-state index contributed by atoms with van der Waals surface area (Å²) in [6.45, 7) is 7.02. The number of fused-ring (bicyclic) bond motifs is 1. The number of amides is 1. The third kappa shape index (κ3) is 3.09. The minimum atomic E-state index is -0.269. The molecule has 0 saturated carbocycles. The average molecular weight is 345 g/mol. The summed E-state index contributed by atoms with van der Waals surface area (Å²) >= 11 is 7.49. The third-order valence-corrected chi connectivity index (χ3v) is 5.16. The van der Waals surface area contributed by atoms with Crippen molar-refractivity contribution in [3.8, 4) is 0 Å². The molecule has 2 aromatic carbocycles. The Morgan fingerprint density at radius 2 is 1.96 bits per heavy atom. The van der Waals surface area contributed by atoms with Crippen molar-refractivity contribution < 1.29 is 4.79 Å². The van der Waals surface area contributed by atoms with E-state index in [1.807, 2.05) is 0 Å². The fourth-order valence-electron chi connectivity index (χ4n) is 2.49. The summed E-state index contributed by atoms with van der Waals surface area (Å²) in [6, 6.07) is 11.2. The standard InChI is InChI=1S/C18H17ClN2OS/c1-4-21-15-8-11(2)12(3)9-16(15)23-18(21)20-17(22)13-6-5-7-14(19)10-13/h5-10H,4H2,1-3H3. The number of aromatic nitrogens is 1. The SMILES string of the molecule is CCn1c(=NC(=O)c2cccc(Cl)c2)sc2cc(C)c(C)cc21. The van der Waals surface area contributed by atoms with Gasteiger partial charge in [0.05, 0.1) is 10.2 Å². The molecule has 1 aromatic heterocycles. The van der Waals surface area contributed by atoms with Gasteiger partial charge in [-0.25, -0.2) is 0 Å². The van der Waals surface area contributed by atoms with E-state index >= 15 is 0 Å². The fourth-order valence-corrected chi connectivity index (χ4v) is 3.85. The van der Waals surface area contributed by atoms with Crippen molar-refractivity contribution in [2.75, 3.05) is 0 Å². The maximum atomic E-state index is 12.4. The van der Waals surface area contributed by atoms with Crippen molar-refractivity contribution in [3.63, 3.8) is 0 Å². The molecule has 3 aromatic rings. The number of rotatable bonds is 2. The molecule has 118 valence electrons. The molecule has 0 unspecified atom stereocenters. The molecular weight excluding hydrogens is 328 g/mol. The van der Waals surface area contributed by atoms with Crippen LogP contribution in [-0.2, 0) is 6.54 Å². The summed E-state index contributed by atoms with van der Waals surface area (Å²) in [6.07, 6.45) is 0. The number of hydrogen-bond donors (Lipinski definition) is 0. The lowest BCUT2D eigenvalue weighted by Crippen LogP contribution is -2.15. The van der Waals surface area contributed by atoms with Crippen LogP contribution >= 0.6 is 22.9 Å². The molecule has 3 nitrogen and oxygen atoms in total. The maximum Gasteiger partial charge on any atom is 0.279 e. The van der Waals surface area contributed by atoms with Crippen LogP contribution in [0.4, 0.5) is 0 Å². The number of halogens is 1. The van der Waals surface area contributed by atoms with Gasteiger partial charge >= 0.3 is 0 Å². The number of carbonyl (C=O) groups excluding carboxylic acids is 1. The van der Waals surface area contributed by atoms with Crippen molar-refractivity contribution in [2.45, 2.75) is 27.3 Å². The molecule has 0 spiro atoms. The Balaban J connectivity index is 2.17. The zero-order chi connectivity index (χ0) is 16.6. The highest BCUT2D eigenvalue weighted by molar-refractivity contribution is 7.16. The van der Waals surface area contributed by atoms with Crippen molar-refractivity contribution in [2.24, 2.45) is 4.99 Å². The van der Waals surface area contributed by atoms with Crippen LogP contribution in [-0.4, -0.2) is 10.5 Å². The van der Waals surface area contributed by atoms with Gasteiger partial charge in [0.25, 0.3) is 5.91 Å². The second-order valence-corrected chi connectivity index (χ2v) is 6.91. The van der Waals surface area contributed by atoms with Crippen LogP contribution in [0.3, 0.4) is 0 Å². The van der Waals surface area contributed by atoms with Gasteiger partial charge in [0.1, 0.15) is 0 Å². The van der Waals surface area contributed by atoms with Gasteiger partial charge in [-0.3, -0.25) is 4.79 Å². The van der Waals surface area contributed by atoms with Crippen LogP contribution in [0.5, 0.6) is 0 Å². The molecule has 5 heteroatoms. The first kappa shape index (κ1) is 16.0. The molecule has 0 aliphatic rings. The highest BCUT2D eigenvalue weighted by atomic mass is 35.5. The van der Waals surface area contributed by atoms with Gasteiger partial charge in [0, 0.05) is 17.1 Å². The molecule has 0 aliphatic carbocycles. The quantitative estimate of drug-likeness (QED) is 0.661. The summed E-state index contributed by atoms with van der Waals surface area (Å²) in [5.74, 6) is -0.269. The second-order valence-electron chi connectivity index (χ2n) is 5.46. The van der Waals surface area contributed by atoms with E-state index in [2.05, 4.69) is 42.5 Å². The van der Waals surface area contributed by atoms with Crippen LogP contribution in [0.1, 0.15) is 28.4 Å². The number of hydrogen-bond acceptors (Lipinski definition) is 2. The highest BCUT2D eigenvalue weighted by Gasteiger charge is 2.10. The molecule has 1 amide bonds. The van der Waals surface area contributed by atoms with E-state index in [9.17, 15) is 4.79 Å². The topological polar surface area (TPSA) is 34.4 Å². The molecule has 1 heterocycles. The zero-order valence-corrected chi connectivity index (χ0v) is 14.8. The Morgan fingerprint density at radius 3 is 2.65 bits per heavy atom. The molecule has 0 atom stereocenters. The molecule has 23 heavy (non-hydrogen) atoms. The third-order valence-electron chi connectivity index (χ3n) is 3.88. The Labute approximate surface area is 143 Å². The Morgan fingerprint density at radius 1 is 1.22 bits per heavy atom. The van der Waals surface area contributed by atoms with Crippen molar-refractivity contribution in [3.05, 3.63) is 62.9 Å². The molecule has 0 bridgehead atoms. The lowest BCUT2D eigenvalue weighted by molar-refractivity contribution is 0.0998. The Kier molecular flexibility index (Phi) is 4.37. The zero-order valence-electron chi connectivity index (χ0n) is 13.3. The van der Waals surface area contributed by atoms with Gasteiger partial charge in [-0.15, -0.1) is 0 Å². The predicted octanol–water partition coefficient (Wildman–Crippen LogP) is 4.73. The van der Waals surface area contributed by atoms with Crippen LogP contribution in [0.2, 0.25) is 5.02 Å². The van der Waals surface area contributed by atoms with Gasteiger partial charge in [0.2, 0.25) is 0 Å². The van der Waals surface area contributed by atoms with E-state index in [-0.39, 0.29) is 5.91 Å². The minimum absolute atomic E-state index is 0.269. The first-order valence-corrected chi connectivity index (χ1v) is 8.64. The monoisotopic (exact) mass is 344 g/mol. The van der Waals surface area contributed by atoms with E-state index in [0.717, 1.165) is 21.6 Å². The van der Waals surface area contributed by atoms with Crippen LogP contribution in [0.25, 0.3) is 10.2 Å². The molecule has 3 rings (SSSR count). The van der Waals surface area contributed by atoms with Crippen LogP contribution < -0.4 is 4.80 Å². The van der Waals surface area contributed by atoms with E-state index in [4.69, 9.17) is 11.6 Å². The van der Waals surface area contributed by atoms with Gasteiger partial charge < -0.3 is 4.57 Å². The minimum Gasteiger partial charge on any atom is -0.317 e. The van der Waals surface area contributed by atoms with Crippen LogP contribution in [0, 0.1) is 13.8 Å². The Bertz CT molecular complexity index is 969. The number of thiazole rings is 1. The molecular formula is C18H17ClN2OS. The normalized spacial score (nSPS) is 12.1. The predicted molar refractivity (Wildman–Crippen MR) is 96.3 cm³/mol. The largest absolute Gasteiger partial charge is 0.317 e. The van der Waals surface area contributed by atoms with E-state index in [0.29, 0.717) is 10.6 Å². The lowest BCUT2D eigenvalue weighted by atomic mass is 10.1. The number of benzene rings is 2. The Hall–Kier alpha value is -1.91. The van der Waals surface area contributed by atoms with Gasteiger partial charge in [-0.2, -0.15) is 4.99 Å². The van der Waals surface area contributed by atoms with Crippen LogP contribution in [0.15, 0.2) is 41.4 Å². The fraction of sp³-hybridized carbons (Fsp3) is 0.222. The smallest absolute Gasteiger partial charge is 0.279 e. The highest BCUT2D eigenvalue weighted by Crippen LogP contribution is 2.22. The van der Waals surface area contributed by atoms with Crippen molar-refractivity contribution in [1.29, 1.82) is 0 Å². The van der Waals surface area contributed by atoms with E-state index in [1.165, 1.54) is 11.1 Å². The summed E-state index contributed by atoms with van der Waals surface area (Å²) < 4.78 is 3.22. The molecule has 0 saturated heterocycles. The van der Waals surface area contributed by atoms with E-state index < -0.39 is 0 Å². The average Bonchev–Trinajstić information content (AvgIpc) is 2.84. The number of carbonyl (C=O) groups is 1. The molecule has 0 radical (unpaired) electrons. The summed E-state index contributed by atoms with van der Waals surface area (Å²) in [5.41, 5.74) is 4.11. The molecule has 0 aliphatic heterocycles. The van der Waals surface area contributed by atoms with Gasteiger partial charge in [-0.1, -0.05) is 29.0 Å². The number of aryl methyl sites for hydroxylation is 3. The maximum absolute atomic E-state index is 12.4. The van der Waals surface area contributed by atoms with Crippen molar-refractivity contribution in [1.82, 2.24) is 4.57 Å². The summed E-state index contributed by atoms with van der Waals surface area (Å²) in [4.78, 5) is 17.5. The summed E-state index contributed by atoms with van der Waals surface area (Å²) in [7, 11) is 0. The molecule has 0 N–H and O–H groups in total. The molecule has 0 fully saturated rings. The summed E-state index contributed by atoms with van der Waals surface area (Å²) in [5, 5.41) is 0.539.